The molecule has 13 heteroatoms. The molecule has 0 aliphatic carbocycles. The number of sulfonamides is 1. The number of rotatable bonds is 4. The van der Waals surface area contributed by atoms with Gasteiger partial charge in [0.1, 0.15) is 0 Å². The van der Waals surface area contributed by atoms with Crippen LogP contribution in [0.15, 0.2) is 0 Å². The fourth-order valence-electron chi connectivity index (χ4n) is 4.27. The monoisotopic (exact) mass is 425 g/mol. The smallest absolute Gasteiger partial charge is 0.277 e. The maximum atomic E-state index is 12.0. The number of nitrogens with one attached hydrogen (secondary N) is 1. The van der Waals surface area contributed by atoms with Gasteiger partial charge in [0.15, 0.2) is 0 Å². The van der Waals surface area contributed by atoms with E-state index < -0.39 is 25.9 Å². The average Bonchev–Trinajstić information content (AvgIpc) is 2.61. The molecule has 11 nitrogen and oxygen atoms in total. The van der Waals surface area contributed by atoms with Crippen LogP contribution >= 0.6 is 0 Å². The minimum Gasteiger partial charge on any atom is -0.314 e. The molecule has 0 spiro atoms. The summed E-state index contributed by atoms with van der Waals surface area (Å²) in [5, 5.41) is 13.1. The maximum Gasteiger partial charge on any atom is 0.277 e. The summed E-state index contributed by atoms with van der Waals surface area (Å²) < 4.78 is 50.3. The molecular weight excluding hydrogens is 394 g/mol. The lowest BCUT2D eigenvalue weighted by Crippen LogP contribution is -2.75. The molecule has 3 rings (SSSR count). The number of hydrogen-bond donors (Lipinski definition) is 2. The minimum absolute atomic E-state index is 0.290. The standard InChI is InChI=1S/C14H31N7O4S2/c1-14(17-5-3-16-4-6-17)13-20(27(15,24)25)11-12-21(14)18-7-9-19(10-8-18)26(2,22)23/h16H,3-13H2,1-2H3,(H2,15,24,25). The molecule has 1 atom stereocenters. The Hall–Kier alpha value is -0.380. The molecule has 0 saturated carbocycles. The molecule has 0 aromatic rings. The van der Waals surface area contributed by atoms with Crippen LogP contribution in [0.4, 0.5) is 0 Å². The van der Waals surface area contributed by atoms with Crippen LogP contribution < -0.4 is 10.5 Å². The van der Waals surface area contributed by atoms with E-state index in [0.717, 1.165) is 26.2 Å². The highest BCUT2D eigenvalue weighted by atomic mass is 32.2. The van der Waals surface area contributed by atoms with Crippen molar-refractivity contribution in [2.75, 3.05) is 78.2 Å². The Bertz CT molecular complexity index is 733. The molecule has 158 valence electrons. The summed E-state index contributed by atoms with van der Waals surface area (Å²) in [6, 6.07) is 0. The highest BCUT2D eigenvalue weighted by Crippen LogP contribution is 2.29. The van der Waals surface area contributed by atoms with Crippen molar-refractivity contribution in [2.45, 2.75) is 12.6 Å². The van der Waals surface area contributed by atoms with Crippen molar-refractivity contribution in [3.63, 3.8) is 0 Å². The fourth-order valence-corrected chi connectivity index (χ4v) is 5.85. The highest BCUT2D eigenvalue weighted by molar-refractivity contribution is 7.88. The molecule has 3 aliphatic heterocycles. The lowest BCUT2D eigenvalue weighted by Gasteiger charge is -2.58. The minimum atomic E-state index is -3.76. The van der Waals surface area contributed by atoms with Crippen molar-refractivity contribution in [3.8, 4) is 0 Å². The van der Waals surface area contributed by atoms with Crippen molar-refractivity contribution in [1.29, 1.82) is 0 Å². The molecular formula is C14H31N7O4S2. The molecule has 0 aromatic carbocycles. The molecule has 3 saturated heterocycles. The summed E-state index contributed by atoms with van der Waals surface area (Å²) in [6.07, 6.45) is 1.23. The molecule has 3 heterocycles. The summed E-state index contributed by atoms with van der Waals surface area (Å²) >= 11 is 0. The van der Waals surface area contributed by atoms with Gasteiger partial charge in [-0.05, 0) is 6.92 Å². The Morgan fingerprint density at radius 3 is 1.93 bits per heavy atom. The first kappa shape index (κ1) is 21.3. The van der Waals surface area contributed by atoms with Crippen LogP contribution in [0.25, 0.3) is 0 Å². The highest BCUT2D eigenvalue weighted by Gasteiger charge is 2.47. The van der Waals surface area contributed by atoms with Crippen LogP contribution in [0.5, 0.6) is 0 Å². The third kappa shape index (κ3) is 4.62. The van der Waals surface area contributed by atoms with Crippen LogP contribution in [-0.4, -0.2) is 124 Å². The molecule has 0 amide bonds. The second kappa shape index (κ2) is 7.80. The predicted octanol–water partition coefficient (Wildman–Crippen LogP) is -3.08. The Morgan fingerprint density at radius 1 is 0.852 bits per heavy atom. The normalized spacial score (nSPS) is 32.0. The van der Waals surface area contributed by atoms with Crippen molar-refractivity contribution < 1.29 is 16.8 Å². The van der Waals surface area contributed by atoms with E-state index in [0.29, 0.717) is 39.3 Å². The van der Waals surface area contributed by atoms with Crippen LogP contribution in [0.2, 0.25) is 0 Å². The van der Waals surface area contributed by atoms with Gasteiger partial charge in [0.2, 0.25) is 10.0 Å². The molecule has 27 heavy (non-hydrogen) atoms. The molecule has 3 N–H and O–H groups in total. The van der Waals surface area contributed by atoms with Crippen molar-refractivity contribution in [3.05, 3.63) is 0 Å². The maximum absolute atomic E-state index is 12.0. The Morgan fingerprint density at radius 2 is 1.41 bits per heavy atom. The first-order chi connectivity index (χ1) is 12.5. The lowest BCUT2D eigenvalue weighted by atomic mass is 10.1. The topological polar surface area (TPSA) is 123 Å². The largest absolute Gasteiger partial charge is 0.314 e. The zero-order valence-electron chi connectivity index (χ0n) is 16.0. The summed E-state index contributed by atoms with van der Waals surface area (Å²) in [4.78, 5) is 2.30. The van der Waals surface area contributed by atoms with E-state index in [-0.39, 0.29) is 6.54 Å². The molecule has 1 unspecified atom stereocenters. The van der Waals surface area contributed by atoms with Crippen LogP contribution in [0, 0.1) is 0 Å². The number of nitrogens with two attached hydrogens (primary N) is 1. The van der Waals surface area contributed by atoms with Crippen molar-refractivity contribution in [1.82, 2.24) is 28.8 Å². The van der Waals surface area contributed by atoms with E-state index >= 15 is 0 Å². The molecule has 3 aliphatic rings. The van der Waals surface area contributed by atoms with Gasteiger partial charge in [-0.2, -0.15) is 17.0 Å². The van der Waals surface area contributed by atoms with E-state index in [9.17, 15) is 16.8 Å². The fraction of sp³-hybridized carbons (Fsp3) is 1.00. The van der Waals surface area contributed by atoms with Gasteiger partial charge >= 0.3 is 0 Å². The zero-order chi connectivity index (χ0) is 19.9. The number of hydrazine groups is 1. The Kier molecular flexibility index (Phi) is 6.16. The molecule has 3 fully saturated rings. The summed E-state index contributed by atoms with van der Waals surface area (Å²) in [5.74, 6) is 0. The molecule has 0 radical (unpaired) electrons. The third-order valence-electron chi connectivity index (χ3n) is 5.78. The van der Waals surface area contributed by atoms with Crippen molar-refractivity contribution in [2.24, 2.45) is 5.14 Å². The van der Waals surface area contributed by atoms with Gasteiger partial charge in [0, 0.05) is 72.0 Å². The molecule has 0 bridgehead atoms. The average molecular weight is 426 g/mol. The van der Waals surface area contributed by atoms with Gasteiger partial charge in [-0.3, -0.25) is 4.90 Å². The van der Waals surface area contributed by atoms with E-state index in [1.54, 1.807) is 0 Å². The second-order valence-electron chi connectivity index (χ2n) is 7.57. The van der Waals surface area contributed by atoms with E-state index in [1.807, 2.05) is 0 Å². The Labute approximate surface area is 162 Å². The predicted molar refractivity (Wildman–Crippen MR) is 102 cm³/mol. The van der Waals surface area contributed by atoms with Crippen LogP contribution in [0.3, 0.4) is 0 Å². The first-order valence-electron chi connectivity index (χ1n) is 9.23. The number of piperazine rings is 3. The number of hydrogen-bond acceptors (Lipinski definition) is 8. The van der Waals surface area contributed by atoms with Gasteiger partial charge in [-0.25, -0.2) is 23.6 Å². The van der Waals surface area contributed by atoms with Gasteiger partial charge in [0.05, 0.1) is 11.9 Å². The van der Waals surface area contributed by atoms with Gasteiger partial charge < -0.3 is 5.32 Å². The summed E-state index contributed by atoms with van der Waals surface area (Å²) in [6.45, 7) is 8.57. The van der Waals surface area contributed by atoms with Gasteiger partial charge in [-0.15, -0.1) is 0 Å². The first-order valence-corrected chi connectivity index (χ1v) is 12.6. The Balaban J connectivity index is 1.80. The summed E-state index contributed by atoms with van der Waals surface area (Å²) in [7, 11) is -6.95. The summed E-state index contributed by atoms with van der Waals surface area (Å²) in [5.41, 5.74) is -0.528. The zero-order valence-corrected chi connectivity index (χ0v) is 17.7. The molecule has 0 aromatic heterocycles. The quantitative estimate of drug-likeness (QED) is 0.486. The van der Waals surface area contributed by atoms with Gasteiger partial charge in [-0.1, -0.05) is 0 Å². The second-order valence-corrected chi connectivity index (χ2v) is 11.1. The third-order valence-corrected chi connectivity index (χ3v) is 8.11. The lowest BCUT2D eigenvalue weighted by molar-refractivity contribution is -0.199. The van der Waals surface area contributed by atoms with Crippen LogP contribution in [0.1, 0.15) is 6.92 Å². The number of nitrogens with zero attached hydrogens (tertiary/aromatic N) is 5. The SMILES string of the molecule is CC1(N2CCNCC2)CN(S(N)(=O)=O)CCN1N1CCN(S(C)(=O)=O)CC1. The van der Waals surface area contributed by atoms with Gasteiger partial charge in [0.25, 0.3) is 10.2 Å². The van der Waals surface area contributed by atoms with Crippen LogP contribution in [-0.2, 0) is 20.2 Å². The van der Waals surface area contributed by atoms with E-state index in [2.05, 4.69) is 27.2 Å². The van der Waals surface area contributed by atoms with Crippen molar-refractivity contribution >= 4 is 20.2 Å². The van der Waals surface area contributed by atoms with E-state index in [1.165, 1.54) is 14.9 Å². The van der Waals surface area contributed by atoms with E-state index in [4.69, 9.17) is 5.14 Å².